The first-order valence-electron chi connectivity index (χ1n) is 5.43. The number of hydrogen-bond donors (Lipinski definition) is 2. The molecule has 2 aromatic rings. The van der Waals surface area contributed by atoms with Crippen molar-refractivity contribution in [3.05, 3.63) is 47.8 Å². The van der Waals surface area contributed by atoms with Gasteiger partial charge in [-0.25, -0.2) is 9.18 Å². The van der Waals surface area contributed by atoms with E-state index in [2.05, 4.69) is 0 Å². The number of carbonyl (C=O) groups is 1. The molecule has 2 rings (SSSR count). The summed E-state index contributed by atoms with van der Waals surface area (Å²) in [5.41, 5.74) is 0.849. The van der Waals surface area contributed by atoms with Gasteiger partial charge >= 0.3 is 35.5 Å². The minimum atomic E-state index is -1.24. The molecule has 0 saturated carbocycles. The average molecular weight is 286 g/mol. The fourth-order valence-electron chi connectivity index (χ4n) is 1.78. The second kappa shape index (κ2) is 6.74. The third kappa shape index (κ3) is 3.30. The van der Waals surface area contributed by atoms with Crippen LogP contribution in [0, 0.1) is 5.82 Å². The third-order valence-corrected chi connectivity index (χ3v) is 2.70. The first-order chi connectivity index (χ1) is 9.02. The van der Waals surface area contributed by atoms with E-state index in [1.165, 1.54) is 43.5 Å². The van der Waals surface area contributed by atoms with E-state index in [0.717, 1.165) is 0 Å². The molecule has 0 heterocycles. The van der Waals surface area contributed by atoms with Crippen LogP contribution in [0.3, 0.4) is 0 Å². The summed E-state index contributed by atoms with van der Waals surface area (Å²) < 4.78 is 18.2. The van der Waals surface area contributed by atoms with Crippen molar-refractivity contribution >= 4 is 35.5 Å². The van der Waals surface area contributed by atoms with Gasteiger partial charge in [0.2, 0.25) is 0 Å². The topological polar surface area (TPSA) is 66.8 Å². The Labute approximate surface area is 137 Å². The number of benzene rings is 2. The van der Waals surface area contributed by atoms with Crippen molar-refractivity contribution in [1.29, 1.82) is 0 Å². The molecule has 0 spiro atoms. The summed E-state index contributed by atoms with van der Waals surface area (Å²) in [5, 5.41) is 18.4. The summed E-state index contributed by atoms with van der Waals surface area (Å²) in [6, 6.07) is 8.09. The number of halogens is 1. The number of phenols is 1. The Morgan fingerprint density at radius 2 is 1.90 bits per heavy atom. The van der Waals surface area contributed by atoms with E-state index >= 15 is 0 Å². The van der Waals surface area contributed by atoms with Gasteiger partial charge in [-0.3, -0.25) is 0 Å². The van der Waals surface area contributed by atoms with Crippen molar-refractivity contribution < 1.29 is 24.1 Å². The van der Waals surface area contributed by atoms with Crippen LogP contribution < -0.4 is 4.74 Å². The van der Waals surface area contributed by atoms with Gasteiger partial charge in [-0.1, -0.05) is 6.07 Å². The van der Waals surface area contributed by atoms with Gasteiger partial charge in [0.25, 0.3) is 0 Å². The van der Waals surface area contributed by atoms with Gasteiger partial charge in [0.05, 0.1) is 7.11 Å². The van der Waals surface area contributed by atoms with Gasteiger partial charge < -0.3 is 14.9 Å². The van der Waals surface area contributed by atoms with Crippen LogP contribution in [0.1, 0.15) is 10.4 Å². The molecule has 4 nitrogen and oxygen atoms in total. The molecule has 0 aliphatic rings. The number of carboxylic acid groups (broad SMARTS) is 1. The number of aromatic hydroxyl groups is 1. The summed E-state index contributed by atoms with van der Waals surface area (Å²) in [6.07, 6.45) is 0. The molecule has 0 saturated heterocycles. The molecule has 0 bridgehead atoms. The fraction of sp³-hybridized carbons (Fsp3) is 0.0714. The molecule has 0 aromatic heterocycles. The van der Waals surface area contributed by atoms with E-state index in [4.69, 9.17) is 9.84 Å². The zero-order valence-corrected chi connectivity index (χ0v) is 10.1. The van der Waals surface area contributed by atoms with E-state index in [1.54, 1.807) is 0 Å². The molecule has 0 aliphatic heterocycles. The number of hydrogen-bond acceptors (Lipinski definition) is 3. The van der Waals surface area contributed by atoms with Gasteiger partial charge in [-0.2, -0.15) is 0 Å². The maximum atomic E-state index is 13.1. The Morgan fingerprint density at radius 3 is 2.50 bits per heavy atom. The van der Waals surface area contributed by atoms with Gasteiger partial charge in [0.15, 0.2) is 0 Å². The summed E-state index contributed by atoms with van der Waals surface area (Å²) in [5.74, 6) is -1.71. The van der Waals surface area contributed by atoms with E-state index in [1.807, 2.05) is 0 Å². The Balaban J connectivity index is 0.00000200. The standard InChI is InChI=1S/C14H11FO4.Na.H/c1-19-13-7-9(15)3-4-10(13)8-2-5-12(16)11(6-8)14(17)18;;/h2-7,16H,1H3,(H,17,18);;. The van der Waals surface area contributed by atoms with Crippen LogP contribution >= 0.6 is 0 Å². The predicted molar refractivity (Wildman–Crippen MR) is 74.2 cm³/mol. The fourth-order valence-corrected chi connectivity index (χ4v) is 1.78. The number of methoxy groups -OCH3 is 1. The predicted octanol–water partition coefficient (Wildman–Crippen LogP) is 2.26. The molecular formula is C14H12FNaO4. The van der Waals surface area contributed by atoms with Crippen molar-refractivity contribution in [1.82, 2.24) is 0 Å². The molecule has 2 N–H and O–H groups in total. The number of rotatable bonds is 3. The number of aromatic carboxylic acids is 1. The normalized spacial score (nSPS) is 9.70. The summed E-state index contributed by atoms with van der Waals surface area (Å²) in [7, 11) is 1.40. The quantitative estimate of drug-likeness (QED) is 0.849. The number of ether oxygens (including phenoxy) is 1. The third-order valence-electron chi connectivity index (χ3n) is 2.70. The molecule has 0 aliphatic carbocycles. The minimum absolute atomic E-state index is 0. The van der Waals surface area contributed by atoms with E-state index in [9.17, 15) is 14.3 Å². The molecule has 0 amide bonds. The molecule has 0 radical (unpaired) electrons. The second-order valence-electron chi connectivity index (χ2n) is 3.88. The van der Waals surface area contributed by atoms with Crippen molar-refractivity contribution in [2.75, 3.05) is 7.11 Å². The molecule has 2 aromatic carbocycles. The Morgan fingerprint density at radius 1 is 1.20 bits per heavy atom. The van der Waals surface area contributed by atoms with Crippen LogP contribution in [0.4, 0.5) is 4.39 Å². The number of carboxylic acids is 1. The van der Waals surface area contributed by atoms with Crippen molar-refractivity contribution in [3.63, 3.8) is 0 Å². The summed E-state index contributed by atoms with van der Waals surface area (Å²) in [6.45, 7) is 0. The van der Waals surface area contributed by atoms with Crippen molar-refractivity contribution in [2.45, 2.75) is 0 Å². The Bertz CT molecular complexity index is 643. The monoisotopic (exact) mass is 286 g/mol. The second-order valence-corrected chi connectivity index (χ2v) is 3.88. The first kappa shape index (κ1) is 16.5. The van der Waals surface area contributed by atoms with Crippen molar-refractivity contribution in [3.8, 4) is 22.6 Å². The van der Waals surface area contributed by atoms with Crippen LogP contribution in [0.25, 0.3) is 11.1 Å². The molecule has 20 heavy (non-hydrogen) atoms. The molecule has 6 heteroatoms. The van der Waals surface area contributed by atoms with Gasteiger partial charge in [0, 0.05) is 11.6 Å². The van der Waals surface area contributed by atoms with Gasteiger partial charge in [-0.15, -0.1) is 0 Å². The SMILES string of the molecule is COc1cc(F)ccc1-c1ccc(O)c(C(=O)O)c1.[NaH]. The molecule has 0 atom stereocenters. The average Bonchev–Trinajstić information content (AvgIpc) is 2.39. The first-order valence-corrected chi connectivity index (χ1v) is 5.43. The van der Waals surface area contributed by atoms with E-state index in [0.29, 0.717) is 16.9 Å². The van der Waals surface area contributed by atoms with Crippen molar-refractivity contribution in [2.24, 2.45) is 0 Å². The molecular weight excluding hydrogens is 274 g/mol. The van der Waals surface area contributed by atoms with Crippen LogP contribution in [0.5, 0.6) is 11.5 Å². The Hall–Kier alpha value is -1.56. The zero-order valence-electron chi connectivity index (χ0n) is 10.1. The van der Waals surface area contributed by atoms with E-state index in [-0.39, 0.29) is 40.9 Å². The van der Waals surface area contributed by atoms with Crippen LogP contribution in [0.15, 0.2) is 36.4 Å². The zero-order chi connectivity index (χ0) is 14.0. The maximum absolute atomic E-state index is 13.1. The van der Waals surface area contributed by atoms with Gasteiger partial charge in [0.1, 0.15) is 22.9 Å². The van der Waals surface area contributed by atoms with Gasteiger partial charge in [-0.05, 0) is 29.8 Å². The van der Waals surface area contributed by atoms with Crippen LogP contribution in [-0.4, -0.2) is 52.8 Å². The molecule has 100 valence electrons. The Kier molecular flexibility index (Phi) is 5.56. The summed E-state index contributed by atoms with van der Waals surface area (Å²) in [4.78, 5) is 11.0. The van der Waals surface area contributed by atoms with Crippen LogP contribution in [-0.2, 0) is 0 Å². The molecule has 0 unspecified atom stereocenters. The summed E-state index contributed by atoms with van der Waals surface area (Å²) >= 11 is 0. The van der Waals surface area contributed by atoms with Crippen LogP contribution in [0.2, 0.25) is 0 Å². The molecule has 0 fully saturated rings. The van der Waals surface area contributed by atoms with E-state index < -0.39 is 11.8 Å².